The summed E-state index contributed by atoms with van der Waals surface area (Å²) in [7, 11) is 0. The largest absolute Gasteiger partial charge is 0.491 e. The summed E-state index contributed by atoms with van der Waals surface area (Å²) >= 11 is 9.35. The zero-order chi connectivity index (χ0) is 13.7. The van der Waals surface area contributed by atoms with E-state index in [9.17, 15) is 0 Å². The van der Waals surface area contributed by atoms with Crippen LogP contribution in [-0.2, 0) is 0 Å². The molecule has 4 heteroatoms. The average molecular weight is 341 g/mol. The van der Waals surface area contributed by atoms with Gasteiger partial charge >= 0.3 is 0 Å². The SMILES string of the molecule is Cc1ccc(Cl)cc1OCCNc1ccc(Br)cc1. The number of hydrogen-bond acceptors (Lipinski definition) is 2. The van der Waals surface area contributed by atoms with Crippen molar-refractivity contribution in [1.82, 2.24) is 0 Å². The molecule has 0 aromatic heterocycles. The Hall–Kier alpha value is -1.19. The minimum Gasteiger partial charge on any atom is -0.491 e. The zero-order valence-electron chi connectivity index (χ0n) is 10.6. The van der Waals surface area contributed by atoms with Gasteiger partial charge in [0.25, 0.3) is 0 Å². The molecule has 0 amide bonds. The van der Waals surface area contributed by atoms with Gasteiger partial charge in [0.1, 0.15) is 12.4 Å². The summed E-state index contributed by atoms with van der Waals surface area (Å²) in [5.41, 5.74) is 2.17. The fourth-order valence-electron chi connectivity index (χ4n) is 1.65. The number of nitrogens with one attached hydrogen (secondary N) is 1. The lowest BCUT2D eigenvalue weighted by atomic mass is 10.2. The maximum absolute atomic E-state index is 5.94. The molecule has 0 unspecified atom stereocenters. The van der Waals surface area contributed by atoms with Gasteiger partial charge in [-0.15, -0.1) is 0 Å². The zero-order valence-corrected chi connectivity index (χ0v) is 13.0. The van der Waals surface area contributed by atoms with Gasteiger partial charge in [-0.25, -0.2) is 0 Å². The molecule has 19 heavy (non-hydrogen) atoms. The molecule has 2 aromatic carbocycles. The molecular weight excluding hydrogens is 326 g/mol. The van der Waals surface area contributed by atoms with E-state index < -0.39 is 0 Å². The van der Waals surface area contributed by atoms with Crippen molar-refractivity contribution in [1.29, 1.82) is 0 Å². The number of rotatable bonds is 5. The van der Waals surface area contributed by atoms with Crippen LogP contribution in [0.1, 0.15) is 5.56 Å². The standard InChI is InChI=1S/C15H15BrClNO/c1-11-2-5-13(17)10-15(11)19-9-8-18-14-6-3-12(16)4-7-14/h2-7,10,18H,8-9H2,1H3. The molecule has 0 saturated carbocycles. The molecule has 0 aliphatic rings. The predicted octanol–water partition coefficient (Wildman–Crippen LogP) is 4.90. The first-order chi connectivity index (χ1) is 9.15. The third-order valence-electron chi connectivity index (χ3n) is 2.68. The average Bonchev–Trinajstić information content (AvgIpc) is 2.40. The van der Waals surface area contributed by atoms with Gasteiger partial charge in [-0.2, -0.15) is 0 Å². The molecule has 0 heterocycles. The summed E-state index contributed by atoms with van der Waals surface area (Å²) in [5.74, 6) is 0.838. The Morgan fingerprint density at radius 2 is 1.89 bits per heavy atom. The van der Waals surface area contributed by atoms with Gasteiger partial charge in [0, 0.05) is 21.7 Å². The van der Waals surface area contributed by atoms with E-state index in [1.54, 1.807) is 0 Å². The highest BCUT2D eigenvalue weighted by Gasteiger charge is 2.00. The minimum atomic E-state index is 0.594. The van der Waals surface area contributed by atoms with E-state index in [1.165, 1.54) is 0 Å². The van der Waals surface area contributed by atoms with E-state index in [-0.39, 0.29) is 0 Å². The van der Waals surface area contributed by atoms with Crippen molar-refractivity contribution >= 4 is 33.2 Å². The quantitative estimate of drug-likeness (QED) is 0.782. The van der Waals surface area contributed by atoms with Crippen molar-refractivity contribution in [2.75, 3.05) is 18.5 Å². The van der Waals surface area contributed by atoms with Crippen LogP contribution in [-0.4, -0.2) is 13.2 Å². The minimum absolute atomic E-state index is 0.594. The van der Waals surface area contributed by atoms with Crippen LogP contribution in [0.4, 0.5) is 5.69 Å². The van der Waals surface area contributed by atoms with E-state index in [2.05, 4.69) is 21.2 Å². The van der Waals surface area contributed by atoms with E-state index >= 15 is 0 Å². The fraction of sp³-hybridized carbons (Fsp3) is 0.200. The lowest BCUT2D eigenvalue weighted by Crippen LogP contribution is -2.11. The van der Waals surface area contributed by atoms with Crippen LogP contribution in [0.2, 0.25) is 5.02 Å². The van der Waals surface area contributed by atoms with Crippen LogP contribution in [0, 0.1) is 6.92 Å². The molecule has 2 nitrogen and oxygen atoms in total. The van der Waals surface area contributed by atoms with Gasteiger partial charge in [0.2, 0.25) is 0 Å². The first-order valence-electron chi connectivity index (χ1n) is 6.03. The van der Waals surface area contributed by atoms with Crippen LogP contribution in [0.15, 0.2) is 46.9 Å². The summed E-state index contributed by atoms with van der Waals surface area (Å²) in [6, 6.07) is 13.7. The number of halogens is 2. The molecule has 0 spiro atoms. The second-order valence-electron chi connectivity index (χ2n) is 4.19. The first-order valence-corrected chi connectivity index (χ1v) is 7.20. The van der Waals surface area contributed by atoms with Crippen LogP contribution >= 0.6 is 27.5 Å². The Bertz CT molecular complexity index is 542. The maximum Gasteiger partial charge on any atom is 0.123 e. The van der Waals surface area contributed by atoms with E-state index in [0.717, 1.165) is 28.0 Å². The number of benzene rings is 2. The molecule has 0 radical (unpaired) electrons. The van der Waals surface area contributed by atoms with Crippen molar-refractivity contribution in [3.63, 3.8) is 0 Å². The molecule has 0 bridgehead atoms. The molecular formula is C15H15BrClNO. The van der Waals surface area contributed by atoms with E-state index in [1.807, 2.05) is 49.4 Å². The Morgan fingerprint density at radius 1 is 1.16 bits per heavy atom. The maximum atomic E-state index is 5.94. The highest BCUT2D eigenvalue weighted by atomic mass is 79.9. The Morgan fingerprint density at radius 3 is 2.63 bits per heavy atom. The Balaban J connectivity index is 1.80. The van der Waals surface area contributed by atoms with Crippen molar-refractivity contribution in [3.05, 3.63) is 57.5 Å². The van der Waals surface area contributed by atoms with Crippen LogP contribution in [0.25, 0.3) is 0 Å². The van der Waals surface area contributed by atoms with Gasteiger partial charge in [-0.3, -0.25) is 0 Å². The van der Waals surface area contributed by atoms with Crippen LogP contribution < -0.4 is 10.1 Å². The van der Waals surface area contributed by atoms with Gasteiger partial charge < -0.3 is 10.1 Å². The second-order valence-corrected chi connectivity index (χ2v) is 5.54. The Labute approximate surface area is 126 Å². The summed E-state index contributed by atoms with van der Waals surface area (Å²) in [6.45, 7) is 3.35. The van der Waals surface area contributed by atoms with Crippen molar-refractivity contribution in [2.45, 2.75) is 6.92 Å². The van der Waals surface area contributed by atoms with Gasteiger partial charge in [0.15, 0.2) is 0 Å². The molecule has 0 fully saturated rings. The monoisotopic (exact) mass is 339 g/mol. The lowest BCUT2D eigenvalue weighted by molar-refractivity contribution is 0.330. The summed E-state index contributed by atoms with van der Waals surface area (Å²) in [4.78, 5) is 0. The van der Waals surface area contributed by atoms with Crippen molar-refractivity contribution in [2.24, 2.45) is 0 Å². The molecule has 100 valence electrons. The number of hydrogen-bond donors (Lipinski definition) is 1. The molecule has 0 aliphatic heterocycles. The summed E-state index contributed by atoms with van der Waals surface area (Å²) in [6.07, 6.45) is 0. The first kappa shape index (κ1) is 14.2. The lowest BCUT2D eigenvalue weighted by Gasteiger charge is -2.11. The highest BCUT2D eigenvalue weighted by Crippen LogP contribution is 2.22. The van der Waals surface area contributed by atoms with Crippen LogP contribution in [0.3, 0.4) is 0 Å². The van der Waals surface area contributed by atoms with E-state index in [0.29, 0.717) is 11.6 Å². The van der Waals surface area contributed by atoms with Gasteiger partial charge in [-0.05, 0) is 48.9 Å². The molecule has 0 aliphatic carbocycles. The molecule has 2 rings (SSSR count). The normalized spacial score (nSPS) is 10.3. The third-order valence-corrected chi connectivity index (χ3v) is 3.45. The topological polar surface area (TPSA) is 21.3 Å². The molecule has 0 saturated heterocycles. The molecule has 0 atom stereocenters. The summed E-state index contributed by atoms with van der Waals surface area (Å²) in [5, 5.41) is 3.99. The van der Waals surface area contributed by atoms with Gasteiger partial charge in [0.05, 0.1) is 0 Å². The van der Waals surface area contributed by atoms with Gasteiger partial charge in [-0.1, -0.05) is 33.6 Å². The number of aryl methyl sites for hydroxylation is 1. The second kappa shape index (κ2) is 6.83. The predicted molar refractivity (Wildman–Crippen MR) is 84.3 cm³/mol. The Kier molecular flexibility index (Phi) is 5.11. The highest BCUT2D eigenvalue weighted by molar-refractivity contribution is 9.10. The number of ether oxygens (including phenoxy) is 1. The smallest absolute Gasteiger partial charge is 0.123 e. The molecule has 1 N–H and O–H groups in total. The fourth-order valence-corrected chi connectivity index (χ4v) is 2.08. The van der Waals surface area contributed by atoms with Crippen molar-refractivity contribution < 1.29 is 4.74 Å². The van der Waals surface area contributed by atoms with E-state index in [4.69, 9.17) is 16.3 Å². The summed E-state index contributed by atoms with van der Waals surface area (Å²) < 4.78 is 6.78. The third kappa shape index (κ3) is 4.44. The number of anilines is 1. The van der Waals surface area contributed by atoms with Crippen LogP contribution in [0.5, 0.6) is 5.75 Å². The van der Waals surface area contributed by atoms with Crippen molar-refractivity contribution in [3.8, 4) is 5.75 Å². The molecule has 2 aromatic rings.